The van der Waals surface area contributed by atoms with Crippen molar-refractivity contribution in [1.29, 1.82) is 0 Å². The van der Waals surface area contributed by atoms with Gasteiger partial charge in [-0.3, -0.25) is 4.79 Å². The number of aldehydes is 1. The summed E-state index contributed by atoms with van der Waals surface area (Å²) < 4.78 is 14.8. The van der Waals surface area contributed by atoms with E-state index in [-0.39, 0.29) is 5.82 Å². The quantitative estimate of drug-likeness (QED) is 0.555. The van der Waals surface area contributed by atoms with Crippen LogP contribution in [-0.4, -0.2) is 10.9 Å². The van der Waals surface area contributed by atoms with Crippen molar-refractivity contribution in [3.05, 3.63) is 48.4 Å². The molecule has 0 aliphatic rings. The summed E-state index contributed by atoms with van der Waals surface area (Å²) in [5.74, 6) is -0.302. The molecule has 0 saturated carbocycles. The molecule has 0 bridgehead atoms. The lowest BCUT2D eigenvalue weighted by atomic mass is 10.2. The molecule has 0 aliphatic heterocycles. The Balaban J connectivity index is 2.74. The molecule has 0 fully saturated rings. The van der Waals surface area contributed by atoms with Crippen molar-refractivity contribution in [3.8, 4) is 0 Å². The highest BCUT2D eigenvalue weighted by Crippen LogP contribution is 2.21. The third kappa shape index (κ3) is 1.56. The molecular weight excluding hydrogens is 193 g/mol. The normalized spacial score (nSPS) is 10.5. The summed E-state index contributed by atoms with van der Waals surface area (Å²) in [6.07, 6.45) is 4.19. The molecule has 0 N–H and O–H groups in total. The van der Waals surface area contributed by atoms with E-state index >= 15 is 0 Å². The number of carbonyl (C=O) groups excluding carboxylic acids is 1. The molecule has 0 unspecified atom stereocenters. The summed E-state index contributed by atoms with van der Waals surface area (Å²) in [6, 6.07) is 4.40. The molecule has 1 aromatic heterocycles. The van der Waals surface area contributed by atoms with Gasteiger partial charge in [0.15, 0.2) is 6.29 Å². The fraction of sp³-hybridized carbons (Fsp3) is 0.0833. The van der Waals surface area contributed by atoms with E-state index in [0.29, 0.717) is 12.1 Å². The lowest BCUT2D eigenvalue weighted by molar-refractivity contribution is 0.112. The van der Waals surface area contributed by atoms with Crippen LogP contribution in [0.3, 0.4) is 0 Å². The smallest absolute Gasteiger partial charge is 0.152 e. The maximum Gasteiger partial charge on any atom is 0.152 e. The Morgan fingerprint density at radius 2 is 2.27 bits per heavy atom. The molecule has 2 aromatic rings. The lowest BCUT2D eigenvalue weighted by Crippen LogP contribution is -1.92. The molecule has 0 radical (unpaired) electrons. The van der Waals surface area contributed by atoms with Crippen LogP contribution in [0.5, 0.6) is 0 Å². The maximum atomic E-state index is 13.0. The number of nitrogens with zero attached hydrogens (tertiary/aromatic N) is 1. The van der Waals surface area contributed by atoms with E-state index in [1.54, 1.807) is 22.9 Å². The summed E-state index contributed by atoms with van der Waals surface area (Å²) in [4.78, 5) is 10.8. The minimum Gasteiger partial charge on any atom is -0.343 e. The van der Waals surface area contributed by atoms with Crippen molar-refractivity contribution in [2.24, 2.45) is 0 Å². The van der Waals surface area contributed by atoms with Gasteiger partial charge < -0.3 is 4.57 Å². The Bertz CT molecular complexity index is 528. The van der Waals surface area contributed by atoms with Crippen LogP contribution in [-0.2, 0) is 6.54 Å². The third-order valence-electron chi connectivity index (χ3n) is 2.33. The van der Waals surface area contributed by atoms with E-state index in [1.807, 2.05) is 0 Å². The van der Waals surface area contributed by atoms with Gasteiger partial charge in [0.25, 0.3) is 0 Å². The number of carbonyl (C=O) groups is 1. The van der Waals surface area contributed by atoms with Crippen LogP contribution in [0.15, 0.2) is 37.1 Å². The Hall–Kier alpha value is -1.90. The molecule has 0 amide bonds. The Morgan fingerprint density at radius 1 is 1.47 bits per heavy atom. The number of rotatable bonds is 3. The van der Waals surface area contributed by atoms with Gasteiger partial charge in [0, 0.05) is 23.7 Å². The molecule has 3 heteroatoms. The monoisotopic (exact) mass is 203 g/mol. The number of fused-ring (bicyclic) bond motifs is 1. The number of halogens is 1. The minimum atomic E-state index is -0.302. The van der Waals surface area contributed by atoms with Gasteiger partial charge in [-0.15, -0.1) is 6.58 Å². The zero-order valence-corrected chi connectivity index (χ0v) is 8.11. The molecule has 1 heterocycles. The van der Waals surface area contributed by atoms with E-state index in [4.69, 9.17) is 0 Å². The predicted molar refractivity (Wildman–Crippen MR) is 57.5 cm³/mol. The molecule has 0 aliphatic carbocycles. The third-order valence-corrected chi connectivity index (χ3v) is 2.33. The average Bonchev–Trinajstić information content (AvgIpc) is 2.57. The summed E-state index contributed by atoms with van der Waals surface area (Å²) in [5.41, 5.74) is 1.30. The molecule has 76 valence electrons. The van der Waals surface area contributed by atoms with Crippen LogP contribution >= 0.6 is 0 Å². The number of aromatic nitrogens is 1. The molecule has 2 nitrogen and oxygen atoms in total. The molecule has 15 heavy (non-hydrogen) atoms. The zero-order chi connectivity index (χ0) is 10.8. The first-order valence-electron chi connectivity index (χ1n) is 4.60. The summed E-state index contributed by atoms with van der Waals surface area (Å²) in [5, 5.41) is 0.772. The highest BCUT2D eigenvalue weighted by atomic mass is 19.1. The Morgan fingerprint density at radius 3 is 2.93 bits per heavy atom. The molecule has 0 saturated heterocycles. The van der Waals surface area contributed by atoms with E-state index in [1.165, 1.54) is 12.1 Å². The lowest BCUT2D eigenvalue weighted by Gasteiger charge is -1.99. The second kappa shape index (κ2) is 3.69. The van der Waals surface area contributed by atoms with Gasteiger partial charge in [-0.25, -0.2) is 4.39 Å². The fourth-order valence-corrected chi connectivity index (χ4v) is 1.68. The van der Waals surface area contributed by atoms with Crippen molar-refractivity contribution in [2.75, 3.05) is 0 Å². The Kier molecular flexibility index (Phi) is 2.37. The molecule has 2 rings (SSSR count). The van der Waals surface area contributed by atoms with Gasteiger partial charge >= 0.3 is 0 Å². The molecule has 1 aromatic carbocycles. The topological polar surface area (TPSA) is 22.0 Å². The van der Waals surface area contributed by atoms with Gasteiger partial charge in [0.2, 0.25) is 0 Å². The summed E-state index contributed by atoms with van der Waals surface area (Å²) >= 11 is 0. The second-order valence-electron chi connectivity index (χ2n) is 3.30. The molecule has 0 atom stereocenters. The standard InChI is InChI=1S/C12H10FNO/c1-2-5-14-7-9(8-15)11-4-3-10(13)6-12(11)14/h2-4,6-8H,1,5H2. The van der Waals surface area contributed by atoms with Crippen LogP contribution in [0, 0.1) is 5.82 Å². The molecular formula is C12H10FNO. The first-order valence-corrected chi connectivity index (χ1v) is 4.60. The second-order valence-corrected chi connectivity index (χ2v) is 3.30. The summed E-state index contributed by atoms with van der Waals surface area (Å²) in [7, 11) is 0. The zero-order valence-electron chi connectivity index (χ0n) is 8.11. The SMILES string of the molecule is C=CCn1cc(C=O)c2ccc(F)cc21. The minimum absolute atomic E-state index is 0.302. The van der Waals surface area contributed by atoms with Crippen LogP contribution in [0.25, 0.3) is 10.9 Å². The van der Waals surface area contributed by atoms with E-state index in [0.717, 1.165) is 17.2 Å². The van der Waals surface area contributed by atoms with Crippen LogP contribution < -0.4 is 0 Å². The Labute approximate surface area is 86.6 Å². The largest absolute Gasteiger partial charge is 0.343 e. The van der Waals surface area contributed by atoms with Crippen LogP contribution in [0.4, 0.5) is 4.39 Å². The van der Waals surface area contributed by atoms with E-state index in [9.17, 15) is 9.18 Å². The van der Waals surface area contributed by atoms with Crippen molar-refractivity contribution < 1.29 is 9.18 Å². The van der Waals surface area contributed by atoms with Crippen molar-refractivity contribution in [2.45, 2.75) is 6.54 Å². The molecule has 0 spiro atoms. The van der Waals surface area contributed by atoms with Crippen molar-refractivity contribution in [1.82, 2.24) is 4.57 Å². The van der Waals surface area contributed by atoms with Crippen molar-refractivity contribution >= 4 is 17.2 Å². The summed E-state index contributed by atoms with van der Waals surface area (Å²) in [6.45, 7) is 4.18. The number of benzene rings is 1. The van der Waals surface area contributed by atoms with Gasteiger partial charge in [-0.2, -0.15) is 0 Å². The van der Waals surface area contributed by atoms with Gasteiger partial charge in [-0.1, -0.05) is 6.08 Å². The first kappa shape index (κ1) is 9.65. The highest BCUT2D eigenvalue weighted by Gasteiger charge is 2.07. The van der Waals surface area contributed by atoms with E-state index in [2.05, 4.69) is 6.58 Å². The first-order chi connectivity index (χ1) is 7.26. The average molecular weight is 203 g/mol. The van der Waals surface area contributed by atoms with Gasteiger partial charge in [0.05, 0.1) is 5.52 Å². The predicted octanol–water partition coefficient (Wildman–Crippen LogP) is 2.78. The van der Waals surface area contributed by atoms with Gasteiger partial charge in [-0.05, 0) is 18.2 Å². The van der Waals surface area contributed by atoms with Gasteiger partial charge in [0.1, 0.15) is 5.82 Å². The van der Waals surface area contributed by atoms with Crippen molar-refractivity contribution in [3.63, 3.8) is 0 Å². The number of hydrogen-bond acceptors (Lipinski definition) is 1. The van der Waals surface area contributed by atoms with E-state index < -0.39 is 0 Å². The maximum absolute atomic E-state index is 13.0. The van der Waals surface area contributed by atoms with Crippen LogP contribution in [0.2, 0.25) is 0 Å². The fourth-order valence-electron chi connectivity index (χ4n) is 1.68. The number of allylic oxidation sites excluding steroid dienone is 1. The highest BCUT2D eigenvalue weighted by molar-refractivity contribution is 5.97. The van der Waals surface area contributed by atoms with Crippen LogP contribution in [0.1, 0.15) is 10.4 Å². The number of hydrogen-bond donors (Lipinski definition) is 0.